The van der Waals surface area contributed by atoms with Crippen LogP contribution in [0.2, 0.25) is 0 Å². The number of carbonyl (C=O) groups excluding carboxylic acids is 1. The number of hydrogen-bond donors (Lipinski definition) is 3. The minimum atomic E-state index is -0.402. The van der Waals surface area contributed by atoms with E-state index in [1.807, 2.05) is 0 Å². The molecule has 0 radical (unpaired) electrons. The molecule has 0 spiro atoms. The zero-order chi connectivity index (χ0) is 20.4. The van der Waals surface area contributed by atoms with E-state index in [2.05, 4.69) is 32.2 Å². The summed E-state index contributed by atoms with van der Waals surface area (Å²) < 4.78 is 14.5. The van der Waals surface area contributed by atoms with E-state index >= 15 is 0 Å². The van der Waals surface area contributed by atoms with Crippen LogP contribution in [0.15, 0.2) is 72.2 Å². The van der Waals surface area contributed by atoms with E-state index in [0.717, 1.165) is 6.08 Å². The van der Waals surface area contributed by atoms with Crippen molar-refractivity contribution in [2.24, 2.45) is 0 Å². The largest absolute Gasteiger partial charge is 0.332 e. The Bertz CT molecular complexity index is 1280. The molecule has 29 heavy (non-hydrogen) atoms. The van der Waals surface area contributed by atoms with Crippen LogP contribution in [-0.2, 0) is 4.79 Å². The van der Waals surface area contributed by atoms with Crippen LogP contribution in [0, 0.1) is 5.82 Å². The molecule has 0 saturated carbocycles. The van der Waals surface area contributed by atoms with E-state index in [0.29, 0.717) is 28.2 Å². The standard InChI is InChI=1S/C20H15FN6O2/c1-2-17(28)23-14-4-3-5-15(10-14)27-18-16(25-20(27)29)11-22-19(26-18)24-13-8-6-12(21)7-9-13/h2-11H,1H2,(H,23,28)(H,25,29)(H,22,24,26). The molecule has 3 N–H and O–H groups in total. The van der Waals surface area contributed by atoms with Crippen molar-refractivity contribution in [3.05, 3.63) is 83.7 Å². The number of halogens is 1. The van der Waals surface area contributed by atoms with Gasteiger partial charge in [0.1, 0.15) is 11.3 Å². The molecule has 0 atom stereocenters. The summed E-state index contributed by atoms with van der Waals surface area (Å²) in [6, 6.07) is 12.5. The molecular weight excluding hydrogens is 375 g/mol. The van der Waals surface area contributed by atoms with Crippen molar-refractivity contribution < 1.29 is 9.18 Å². The third-order valence-corrected chi connectivity index (χ3v) is 4.08. The first-order chi connectivity index (χ1) is 14.0. The molecule has 0 unspecified atom stereocenters. The van der Waals surface area contributed by atoms with Crippen LogP contribution in [0.25, 0.3) is 16.9 Å². The van der Waals surface area contributed by atoms with Crippen LogP contribution < -0.4 is 16.3 Å². The van der Waals surface area contributed by atoms with Gasteiger partial charge in [0, 0.05) is 11.4 Å². The quantitative estimate of drug-likeness (QED) is 0.454. The van der Waals surface area contributed by atoms with Gasteiger partial charge in [-0.25, -0.2) is 18.7 Å². The highest BCUT2D eigenvalue weighted by Crippen LogP contribution is 2.19. The Kier molecular flexibility index (Phi) is 4.62. The fourth-order valence-corrected chi connectivity index (χ4v) is 2.78. The number of nitrogens with one attached hydrogen (secondary N) is 3. The second-order valence-electron chi connectivity index (χ2n) is 6.07. The normalized spacial score (nSPS) is 10.7. The predicted molar refractivity (Wildman–Crippen MR) is 108 cm³/mol. The van der Waals surface area contributed by atoms with E-state index in [1.165, 1.54) is 22.9 Å². The minimum absolute atomic E-state index is 0.243. The second kappa shape index (κ2) is 7.39. The van der Waals surface area contributed by atoms with Crippen LogP contribution in [-0.4, -0.2) is 25.4 Å². The molecule has 144 valence electrons. The summed E-state index contributed by atoms with van der Waals surface area (Å²) in [5.74, 6) is -0.468. The molecule has 1 amide bonds. The molecule has 0 aliphatic rings. The van der Waals surface area contributed by atoms with Gasteiger partial charge in [-0.2, -0.15) is 4.98 Å². The third kappa shape index (κ3) is 3.74. The van der Waals surface area contributed by atoms with Gasteiger partial charge in [0.05, 0.1) is 11.9 Å². The monoisotopic (exact) mass is 390 g/mol. The van der Waals surface area contributed by atoms with Crippen molar-refractivity contribution in [2.45, 2.75) is 0 Å². The van der Waals surface area contributed by atoms with E-state index < -0.39 is 5.69 Å². The van der Waals surface area contributed by atoms with Gasteiger partial charge in [-0.3, -0.25) is 4.79 Å². The Morgan fingerprint density at radius 1 is 1.17 bits per heavy atom. The molecule has 0 fully saturated rings. The molecule has 0 aliphatic heterocycles. The average molecular weight is 390 g/mol. The summed E-state index contributed by atoms with van der Waals surface area (Å²) in [5, 5.41) is 5.62. The van der Waals surface area contributed by atoms with Gasteiger partial charge in [-0.15, -0.1) is 0 Å². The first kappa shape index (κ1) is 18.1. The molecule has 9 heteroatoms. The smallest absolute Gasteiger partial charge is 0.324 e. The molecule has 2 aromatic carbocycles. The maximum absolute atomic E-state index is 13.1. The highest BCUT2D eigenvalue weighted by molar-refractivity contribution is 5.99. The van der Waals surface area contributed by atoms with Crippen LogP contribution >= 0.6 is 0 Å². The third-order valence-electron chi connectivity index (χ3n) is 4.08. The number of H-pyrrole nitrogens is 1. The minimum Gasteiger partial charge on any atom is -0.324 e. The summed E-state index contributed by atoms with van der Waals surface area (Å²) in [6.07, 6.45) is 2.64. The predicted octanol–water partition coefficient (Wildman–Crippen LogP) is 3.12. The first-order valence-corrected chi connectivity index (χ1v) is 8.58. The lowest BCUT2D eigenvalue weighted by Gasteiger charge is -2.08. The van der Waals surface area contributed by atoms with Crippen molar-refractivity contribution in [3.8, 4) is 5.69 Å². The molecule has 0 saturated heterocycles. The SMILES string of the molecule is C=CC(=O)Nc1cccc(-n2c(=O)[nH]c3cnc(Nc4ccc(F)cc4)nc32)c1. The Hall–Kier alpha value is -4.27. The second-order valence-corrected chi connectivity index (χ2v) is 6.07. The maximum atomic E-state index is 13.1. The van der Waals surface area contributed by atoms with Crippen LogP contribution in [0.4, 0.5) is 21.7 Å². The van der Waals surface area contributed by atoms with Gasteiger partial charge < -0.3 is 15.6 Å². The molecule has 4 aromatic rings. The van der Waals surface area contributed by atoms with Gasteiger partial charge in [0.15, 0.2) is 5.65 Å². The average Bonchev–Trinajstić information content (AvgIpc) is 3.05. The summed E-state index contributed by atoms with van der Waals surface area (Å²) in [5.41, 5.74) is 2.01. The van der Waals surface area contributed by atoms with Gasteiger partial charge in [0.2, 0.25) is 11.9 Å². The van der Waals surface area contributed by atoms with E-state index in [4.69, 9.17) is 0 Å². The van der Waals surface area contributed by atoms with E-state index in [9.17, 15) is 14.0 Å². The zero-order valence-electron chi connectivity index (χ0n) is 15.0. The Morgan fingerprint density at radius 2 is 1.97 bits per heavy atom. The highest BCUT2D eigenvalue weighted by atomic mass is 19.1. The van der Waals surface area contributed by atoms with Crippen molar-refractivity contribution in [2.75, 3.05) is 10.6 Å². The zero-order valence-corrected chi connectivity index (χ0v) is 15.0. The van der Waals surface area contributed by atoms with Gasteiger partial charge in [0.25, 0.3) is 0 Å². The van der Waals surface area contributed by atoms with Gasteiger partial charge in [-0.05, 0) is 48.5 Å². The fourth-order valence-electron chi connectivity index (χ4n) is 2.78. The number of aromatic amines is 1. The number of nitrogens with zero attached hydrogens (tertiary/aromatic N) is 3. The number of carbonyl (C=O) groups is 1. The Balaban J connectivity index is 1.74. The number of benzene rings is 2. The fraction of sp³-hybridized carbons (Fsp3) is 0. The molecule has 2 aromatic heterocycles. The summed E-state index contributed by atoms with van der Waals surface area (Å²) >= 11 is 0. The first-order valence-electron chi connectivity index (χ1n) is 8.58. The van der Waals surface area contributed by atoms with Crippen LogP contribution in [0.1, 0.15) is 0 Å². The number of imidazole rings is 1. The van der Waals surface area contributed by atoms with Crippen LogP contribution in [0.5, 0.6) is 0 Å². The topological polar surface area (TPSA) is 105 Å². The van der Waals surface area contributed by atoms with Crippen molar-refractivity contribution in [1.82, 2.24) is 19.5 Å². The van der Waals surface area contributed by atoms with Crippen molar-refractivity contribution >= 4 is 34.4 Å². The van der Waals surface area contributed by atoms with Crippen LogP contribution in [0.3, 0.4) is 0 Å². The number of anilines is 3. The maximum Gasteiger partial charge on any atom is 0.332 e. The van der Waals surface area contributed by atoms with Gasteiger partial charge in [-0.1, -0.05) is 12.6 Å². The van der Waals surface area contributed by atoms with Gasteiger partial charge >= 0.3 is 5.69 Å². The molecular formula is C20H15FN6O2. The van der Waals surface area contributed by atoms with Crippen molar-refractivity contribution in [3.63, 3.8) is 0 Å². The number of fused-ring (bicyclic) bond motifs is 1. The lowest BCUT2D eigenvalue weighted by atomic mass is 10.2. The summed E-state index contributed by atoms with van der Waals surface area (Å²) in [6.45, 7) is 3.42. The Morgan fingerprint density at radius 3 is 2.72 bits per heavy atom. The van der Waals surface area contributed by atoms with E-state index in [1.54, 1.807) is 36.4 Å². The van der Waals surface area contributed by atoms with Crippen molar-refractivity contribution in [1.29, 1.82) is 0 Å². The lowest BCUT2D eigenvalue weighted by Crippen LogP contribution is -2.15. The number of rotatable bonds is 5. The lowest BCUT2D eigenvalue weighted by molar-refractivity contribution is -0.111. The molecule has 4 rings (SSSR count). The molecule has 0 aliphatic carbocycles. The molecule has 8 nitrogen and oxygen atoms in total. The molecule has 2 heterocycles. The summed E-state index contributed by atoms with van der Waals surface area (Å²) in [4.78, 5) is 35.3. The highest BCUT2D eigenvalue weighted by Gasteiger charge is 2.13. The Labute approximate surface area is 163 Å². The number of aromatic nitrogens is 4. The number of hydrogen-bond acceptors (Lipinski definition) is 5. The summed E-state index contributed by atoms with van der Waals surface area (Å²) in [7, 11) is 0. The van der Waals surface area contributed by atoms with E-state index in [-0.39, 0.29) is 17.7 Å². The molecule has 0 bridgehead atoms. The number of amides is 1.